The van der Waals surface area contributed by atoms with Gasteiger partial charge in [-0.2, -0.15) is 12.1 Å². The summed E-state index contributed by atoms with van der Waals surface area (Å²) < 4.78 is 1.15. The quantitative estimate of drug-likeness (QED) is 0.161. The third-order valence-electron chi connectivity index (χ3n) is 8.21. The first-order chi connectivity index (χ1) is 21.4. The van der Waals surface area contributed by atoms with Gasteiger partial charge in [0, 0.05) is 0 Å². The normalized spacial score (nSPS) is 10.7. The van der Waals surface area contributed by atoms with Crippen molar-refractivity contribution in [1.82, 2.24) is 0 Å². The summed E-state index contributed by atoms with van der Waals surface area (Å²) in [5, 5.41) is 8.25. The molecule has 0 N–H and O–H groups in total. The van der Waals surface area contributed by atoms with Crippen LogP contribution in [0.3, 0.4) is 0 Å². The van der Waals surface area contributed by atoms with Gasteiger partial charge in [-0.15, -0.1) is 68.7 Å². The number of rotatable bonds is 4. The number of hydrogen-bond acceptors (Lipinski definition) is 0. The van der Waals surface area contributed by atoms with Crippen LogP contribution in [-0.2, 0) is 31.7 Å². The van der Waals surface area contributed by atoms with Gasteiger partial charge in [0.05, 0.1) is 0 Å². The first kappa shape index (κ1) is 32.3. The Hall–Kier alpha value is -3.09. The van der Waals surface area contributed by atoms with Gasteiger partial charge in [-0.1, -0.05) is 60.4 Å². The molecule has 0 aromatic heterocycles. The van der Waals surface area contributed by atoms with Gasteiger partial charge in [0.2, 0.25) is 0 Å². The van der Waals surface area contributed by atoms with Crippen LogP contribution >= 0.6 is 17.0 Å². The molecule has 0 nitrogen and oxygen atoms in total. The van der Waals surface area contributed by atoms with Gasteiger partial charge in [0.15, 0.2) is 0 Å². The fourth-order valence-corrected chi connectivity index (χ4v) is 10.0. The predicted octanol–water partition coefficient (Wildman–Crippen LogP) is 12.2. The molecule has 0 saturated heterocycles. The summed E-state index contributed by atoms with van der Waals surface area (Å²) in [7, 11) is 12.5. The van der Waals surface area contributed by atoms with Gasteiger partial charge in [-0.25, -0.2) is 0 Å². The summed E-state index contributed by atoms with van der Waals surface area (Å²) in [6, 6.07) is 47.2. The standard InChI is InChI=1S/C17H17.C13H10.C11H11.2ClH.Zr/c1-3-12-5-7-16-14(9-12)11-15-10-13(4-2)6-8-17(15)16;1-3-7-12(8-4-1)11-13-9-5-2-6-10-13;1-8-6-10-4-3-5-11(10)7-9(8)2;;;/h5-11H,3-4H2,1-2H3;1-10H;3-7H,1-2H3;2*1H;/q-1;;-1;;;+2/p-2. The van der Waals surface area contributed by atoms with Crippen molar-refractivity contribution in [3.63, 3.8) is 0 Å². The van der Waals surface area contributed by atoms with Gasteiger partial charge in [-0.05, 0) is 26.7 Å². The topological polar surface area (TPSA) is 0 Å². The van der Waals surface area contributed by atoms with Crippen LogP contribution in [0.4, 0.5) is 0 Å². The molecule has 0 amide bonds. The van der Waals surface area contributed by atoms with Crippen molar-refractivity contribution < 1.29 is 18.9 Å². The average Bonchev–Trinajstić information content (AvgIpc) is 3.65. The molecule has 0 aliphatic heterocycles. The van der Waals surface area contributed by atoms with Gasteiger partial charge in [0.25, 0.3) is 0 Å². The molecule has 0 bridgehead atoms. The second-order valence-corrected chi connectivity index (χ2v) is 19.3. The molecule has 222 valence electrons. The van der Waals surface area contributed by atoms with Crippen molar-refractivity contribution in [2.45, 2.75) is 40.5 Å². The Morgan fingerprint density at radius 1 is 0.591 bits per heavy atom. The summed E-state index contributed by atoms with van der Waals surface area (Å²) in [6.45, 7) is 8.72. The van der Waals surface area contributed by atoms with Crippen LogP contribution in [-0.4, -0.2) is 3.21 Å². The molecule has 44 heavy (non-hydrogen) atoms. The molecular formula is C41H38Cl2Zr-2. The Kier molecular flexibility index (Phi) is 11.2. The third-order valence-corrected chi connectivity index (χ3v) is 12.8. The van der Waals surface area contributed by atoms with Gasteiger partial charge < -0.3 is 0 Å². The van der Waals surface area contributed by atoms with Crippen LogP contribution in [0, 0.1) is 13.8 Å². The van der Waals surface area contributed by atoms with E-state index in [-0.39, 0.29) is 0 Å². The molecule has 7 aromatic carbocycles. The van der Waals surface area contributed by atoms with Crippen molar-refractivity contribution in [2.75, 3.05) is 0 Å². The molecule has 0 fully saturated rings. The number of fused-ring (bicyclic) bond motifs is 4. The van der Waals surface area contributed by atoms with Gasteiger partial charge >= 0.3 is 111 Å². The Bertz CT molecular complexity index is 1870. The molecule has 0 unspecified atom stereocenters. The summed E-state index contributed by atoms with van der Waals surface area (Å²) >= 11 is -2.44. The number of hydrogen-bond donors (Lipinski definition) is 0. The molecule has 3 heteroatoms. The zero-order valence-corrected chi connectivity index (χ0v) is 29.8. The van der Waals surface area contributed by atoms with Crippen LogP contribution in [0.1, 0.15) is 47.2 Å². The molecular weight excluding hydrogens is 655 g/mol. The van der Waals surface area contributed by atoms with E-state index in [1.807, 2.05) is 36.4 Å². The Labute approximate surface area is 276 Å². The summed E-state index contributed by atoms with van der Waals surface area (Å²) in [5.74, 6) is 0. The second-order valence-electron chi connectivity index (χ2n) is 11.2. The van der Waals surface area contributed by atoms with Crippen molar-refractivity contribution in [3.8, 4) is 0 Å². The van der Waals surface area contributed by atoms with Crippen molar-refractivity contribution in [1.29, 1.82) is 0 Å². The Balaban J connectivity index is 0.000000134. The van der Waals surface area contributed by atoms with E-state index in [9.17, 15) is 0 Å². The van der Waals surface area contributed by atoms with Crippen molar-refractivity contribution in [2.24, 2.45) is 0 Å². The fourth-order valence-electron chi connectivity index (χ4n) is 5.56. The maximum atomic E-state index is 6.24. The molecule has 0 aliphatic carbocycles. The summed E-state index contributed by atoms with van der Waals surface area (Å²) in [5.41, 5.74) is 7.89. The molecule has 7 rings (SSSR count). The minimum atomic E-state index is -2.44. The van der Waals surface area contributed by atoms with Crippen LogP contribution in [0.15, 0.2) is 133 Å². The molecule has 0 saturated carbocycles. The van der Waals surface area contributed by atoms with Crippen LogP contribution in [0.25, 0.3) is 32.3 Å². The zero-order valence-electron chi connectivity index (χ0n) is 25.9. The minimum absolute atomic E-state index is 1.11. The monoisotopic (exact) mass is 690 g/mol. The van der Waals surface area contributed by atoms with E-state index in [1.165, 1.54) is 54.6 Å². The zero-order chi connectivity index (χ0) is 31.1. The second kappa shape index (κ2) is 15.3. The van der Waals surface area contributed by atoms with Crippen LogP contribution in [0.5, 0.6) is 0 Å². The van der Waals surface area contributed by atoms with E-state index in [0.717, 1.165) is 27.2 Å². The maximum absolute atomic E-state index is 6.24. The summed E-state index contributed by atoms with van der Waals surface area (Å²) in [4.78, 5) is 0. The number of halogens is 2. The van der Waals surface area contributed by atoms with E-state index >= 15 is 0 Å². The van der Waals surface area contributed by atoms with E-state index in [0.29, 0.717) is 0 Å². The Morgan fingerprint density at radius 3 is 1.57 bits per heavy atom. The van der Waals surface area contributed by atoms with E-state index in [1.54, 1.807) is 0 Å². The molecule has 7 aromatic rings. The van der Waals surface area contributed by atoms with Gasteiger partial charge in [0.1, 0.15) is 0 Å². The fraction of sp³-hybridized carbons (Fsp3) is 0.146. The number of aryl methyl sites for hydroxylation is 4. The van der Waals surface area contributed by atoms with Gasteiger partial charge in [-0.3, -0.25) is 0 Å². The third kappa shape index (κ3) is 7.76. The number of benzene rings is 5. The molecule has 0 atom stereocenters. The first-order valence-electron chi connectivity index (χ1n) is 15.3. The van der Waals surface area contributed by atoms with Crippen molar-refractivity contribution in [3.05, 3.63) is 167 Å². The van der Waals surface area contributed by atoms with E-state index in [4.69, 9.17) is 17.0 Å². The molecule has 0 aliphatic rings. The summed E-state index contributed by atoms with van der Waals surface area (Å²) in [6.07, 6.45) is 2.22. The van der Waals surface area contributed by atoms with Crippen LogP contribution in [0.2, 0.25) is 0 Å². The van der Waals surface area contributed by atoms with E-state index in [2.05, 4.69) is 125 Å². The average molecular weight is 693 g/mol. The predicted molar refractivity (Wildman–Crippen MR) is 193 cm³/mol. The molecule has 0 heterocycles. The first-order valence-corrected chi connectivity index (χ1v) is 22.8. The Morgan fingerprint density at radius 2 is 1.09 bits per heavy atom. The SMILES string of the molecule is CCc1ccc2c(c1)[cH-]c1cc(CC)ccc12.Cc1cc2cc[cH-]c2cc1C.[Cl][Zr]([Cl])=[C](c1ccccc1)c1ccccc1. The molecule has 0 radical (unpaired) electrons. The van der Waals surface area contributed by atoms with Crippen molar-refractivity contribution >= 4 is 52.5 Å². The van der Waals surface area contributed by atoms with Crippen LogP contribution < -0.4 is 0 Å². The molecule has 0 spiro atoms. The van der Waals surface area contributed by atoms with E-state index < -0.39 is 18.9 Å².